The normalized spacial score (nSPS) is 21.5. The van der Waals surface area contributed by atoms with Gasteiger partial charge < -0.3 is 9.26 Å². The molecule has 1 unspecified atom stereocenters. The van der Waals surface area contributed by atoms with Crippen LogP contribution in [0.1, 0.15) is 69.5 Å². The highest BCUT2D eigenvalue weighted by Crippen LogP contribution is 2.38. The van der Waals surface area contributed by atoms with Crippen LogP contribution in [-0.4, -0.2) is 16.7 Å². The first-order chi connectivity index (χ1) is 8.68. The van der Waals surface area contributed by atoms with Crippen molar-refractivity contribution in [1.82, 2.24) is 10.1 Å². The summed E-state index contributed by atoms with van der Waals surface area (Å²) >= 11 is 5.97. The molecule has 1 atom stereocenters. The van der Waals surface area contributed by atoms with Gasteiger partial charge in [0.25, 0.3) is 0 Å². The molecule has 0 saturated heterocycles. The number of aromatic nitrogens is 2. The zero-order valence-electron chi connectivity index (χ0n) is 11.1. The molecule has 102 valence electrons. The van der Waals surface area contributed by atoms with E-state index in [2.05, 4.69) is 10.1 Å². The molecule has 1 heterocycles. The van der Waals surface area contributed by atoms with E-state index in [-0.39, 0.29) is 11.0 Å². The van der Waals surface area contributed by atoms with Gasteiger partial charge >= 0.3 is 0 Å². The minimum atomic E-state index is -0.362. The van der Waals surface area contributed by atoms with E-state index in [1.54, 1.807) is 0 Å². The quantitative estimate of drug-likeness (QED) is 0.615. The van der Waals surface area contributed by atoms with Crippen molar-refractivity contribution >= 4 is 11.6 Å². The van der Waals surface area contributed by atoms with E-state index < -0.39 is 0 Å². The predicted octanol–water partition coefficient (Wildman–Crippen LogP) is 3.96. The van der Waals surface area contributed by atoms with Crippen LogP contribution in [0.3, 0.4) is 0 Å². The van der Waals surface area contributed by atoms with Crippen molar-refractivity contribution in [2.75, 3.05) is 6.61 Å². The first kappa shape index (κ1) is 13.8. The lowest BCUT2D eigenvalue weighted by atomic mass is 9.93. The summed E-state index contributed by atoms with van der Waals surface area (Å²) in [6, 6.07) is 0. The van der Waals surface area contributed by atoms with Crippen LogP contribution in [0.2, 0.25) is 0 Å². The summed E-state index contributed by atoms with van der Waals surface area (Å²) in [5.41, 5.74) is -0.362. The lowest BCUT2D eigenvalue weighted by molar-refractivity contribution is -0.0636. The summed E-state index contributed by atoms with van der Waals surface area (Å²) in [6.07, 6.45) is 6.75. The van der Waals surface area contributed by atoms with Gasteiger partial charge in [-0.2, -0.15) is 4.98 Å². The van der Waals surface area contributed by atoms with Crippen LogP contribution >= 0.6 is 11.6 Å². The molecule has 1 saturated carbocycles. The fourth-order valence-electron chi connectivity index (χ4n) is 2.59. The molecule has 5 heteroatoms. The van der Waals surface area contributed by atoms with Crippen LogP contribution in [0, 0.1) is 0 Å². The van der Waals surface area contributed by atoms with Crippen LogP contribution in [0.5, 0.6) is 0 Å². The van der Waals surface area contributed by atoms with Crippen molar-refractivity contribution in [1.29, 1.82) is 0 Å². The molecule has 1 aromatic heterocycles. The number of alkyl halides is 1. The Morgan fingerprint density at radius 2 is 2.00 bits per heavy atom. The fraction of sp³-hybridized carbons (Fsp3) is 0.846. The maximum absolute atomic E-state index is 6.00. The van der Waals surface area contributed by atoms with Crippen molar-refractivity contribution in [3.8, 4) is 0 Å². The largest absolute Gasteiger partial charge is 0.367 e. The van der Waals surface area contributed by atoms with Crippen molar-refractivity contribution in [2.45, 2.75) is 63.4 Å². The Kier molecular flexibility index (Phi) is 4.62. The smallest absolute Gasteiger partial charge is 0.244 e. The Balaban J connectivity index is 2.26. The van der Waals surface area contributed by atoms with E-state index in [1.807, 2.05) is 13.8 Å². The Bertz CT molecular complexity index is 371. The van der Waals surface area contributed by atoms with E-state index in [1.165, 1.54) is 12.8 Å². The lowest BCUT2D eigenvalue weighted by Gasteiger charge is -2.29. The lowest BCUT2D eigenvalue weighted by Crippen LogP contribution is -2.30. The molecule has 0 aromatic carbocycles. The zero-order chi connectivity index (χ0) is 13.0. The maximum atomic E-state index is 6.00. The minimum Gasteiger partial charge on any atom is -0.367 e. The van der Waals surface area contributed by atoms with E-state index in [9.17, 15) is 0 Å². The number of rotatable bonds is 4. The van der Waals surface area contributed by atoms with Gasteiger partial charge in [0.1, 0.15) is 11.0 Å². The molecular formula is C13H21ClN2O2. The first-order valence-electron chi connectivity index (χ1n) is 6.80. The molecule has 0 aliphatic heterocycles. The summed E-state index contributed by atoms with van der Waals surface area (Å²) in [5.74, 6) is 1.16. The van der Waals surface area contributed by atoms with E-state index >= 15 is 0 Å². The highest BCUT2D eigenvalue weighted by Gasteiger charge is 2.38. The highest BCUT2D eigenvalue weighted by atomic mass is 35.5. The average Bonchev–Trinajstić information content (AvgIpc) is 2.73. The standard InChI is InChI=1S/C13H21ClN2O2/c1-3-17-13(8-6-4-5-7-9-13)12-15-11(10(2)14)18-16-12/h10H,3-9H2,1-2H3. The summed E-state index contributed by atoms with van der Waals surface area (Å²) in [7, 11) is 0. The number of ether oxygens (including phenoxy) is 1. The Morgan fingerprint density at radius 3 is 2.50 bits per heavy atom. The van der Waals surface area contributed by atoms with Crippen molar-refractivity contribution < 1.29 is 9.26 Å². The van der Waals surface area contributed by atoms with Crippen LogP contribution in [0.15, 0.2) is 4.52 Å². The fourth-order valence-corrected chi connectivity index (χ4v) is 2.68. The maximum Gasteiger partial charge on any atom is 0.244 e. The highest BCUT2D eigenvalue weighted by molar-refractivity contribution is 6.20. The van der Waals surface area contributed by atoms with Gasteiger partial charge in [-0.15, -0.1) is 11.6 Å². The molecule has 4 nitrogen and oxygen atoms in total. The van der Waals surface area contributed by atoms with Gasteiger partial charge in [-0.25, -0.2) is 0 Å². The SMILES string of the molecule is CCOC1(c2noc(C(C)Cl)n2)CCCCCC1. The topological polar surface area (TPSA) is 48.2 Å². The van der Waals surface area contributed by atoms with Crippen LogP contribution < -0.4 is 0 Å². The molecule has 1 fully saturated rings. The molecule has 0 spiro atoms. The predicted molar refractivity (Wildman–Crippen MR) is 69.6 cm³/mol. The first-order valence-corrected chi connectivity index (χ1v) is 7.24. The third-order valence-electron chi connectivity index (χ3n) is 3.52. The molecule has 0 amide bonds. The van der Waals surface area contributed by atoms with Gasteiger partial charge in [-0.1, -0.05) is 30.8 Å². The van der Waals surface area contributed by atoms with Crippen LogP contribution in [0.4, 0.5) is 0 Å². The van der Waals surface area contributed by atoms with Gasteiger partial charge in [0, 0.05) is 6.61 Å². The molecule has 0 bridgehead atoms. The minimum absolute atomic E-state index is 0.254. The van der Waals surface area contributed by atoms with Gasteiger partial charge in [-0.05, 0) is 26.7 Å². The summed E-state index contributed by atoms with van der Waals surface area (Å²) < 4.78 is 11.2. The Morgan fingerprint density at radius 1 is 1.33 bits per heavy atom. The summed E-state index contributed by atoms with van der Waals surface area (Å²) in [6.45, 7) is 4.51. The van der Waals surface area contributed by atoms with E-state index in [0.717, 1.165) is 25.7 Å². The number of hydrogen-bond donors (Lipinski definition) is 0. The number of hydrogen-bond acceptors (Lipinski definition) is 4. The molecule has 1 aromatic rings. The summed E-state index contributed by atoms with van der Waals surface area (Å²) in [5, 5.41) is 3.84. The molecular weight excluding hydrogens is 252 g/mol. The summed E-state index contributed by atoms with van der Waals surface area (Å²) in [4.78, 5) is 4.43. The second kappa shape index (κ2) is 6.02. The van der Waals surface area contributed by atoms with Gasteiger partial charge in [-0.3, -0.25) is 0 Å². The Labute approximate surface area is 113 Å². The third kappa shape index (κ3) is 2.86. The van der Waals surface area contributed by atoms with Crippen molar-refractivity contribution in [2.24, 2.45) is 0 Å². The van der Waals surface area contributed by atoms with Crippen molar-refractivity contribution in [3.63, 3.8) is 0 Å². The van der Waals surface area contributed by atoms with E-state index in [4.69, 9.17) is 20.9 Å². The van der Waals surface area contributed by atoms with Crippen LogP contribution in [-0.2, 0) is 10.3 Å². The van der Waals surface area contributed by atoms with Gasteiger partial charge in [0.15, 0.2) is 0 Å². The molecule has 18 heavy (non-hydrogen) atoms. The molecule has 1 aliphatic rings. The second-order valence-electron chi connectivity index (χ2n) is 4.91. The second-order valence-corrected chi connectivity index (χ2v) is 5.57. The van der Waals surface area contributed by atoms with Gasteiger partial charge in [0.05, 0.1) is 0 Å². The molecule has 1 aliphatic carbocycles. The van der Waals surface area contributed by atoms with Gasteiger partial charge in [0.2, 0.25) is 11.7 Å². The van der Waals surface area contributed by atoms with Crippen molar-refractivity contribution in [3.05, 3.63) is 11.7 Å². The van der Waals surface area contributed by atoms with E-state index in [0.29, 0.717) is 18.3 Å². The molecule has 0 N–H and O–H groups in total. The number of nitrogens with zero attached hydrogens (tertiary/aromatic N) is 2. The Hall–Kier alpha value is -0.610. The zero-order valence-corrected chi connectivity index (χ0v) is 11.9. The van der Waals surface area contributed by atoms with Crippen LogP contribution in [0.25, 0.3) is 0 Å². The third-order valence-corrected chi connectivity index (χ3v) is 3.71. The molecule has 0 radical (unpaired) electrons. The average molecular weight is 273 g/mol. The molecule has 2 rings (SSSR count). The number of halogens is 1. The monoisotopic (exact) mass is 272 g/mol.